The number of rotatable bonds is 5. The number of fused-ring (bicyclic) bond motifs is 1. The van der Waals surface area contributed by atoms with E-state index in [-0.39, 0.29) is 18.3 Å². The third-order valence-corrected chi connectivity index (χ3v) is 3.85. The number of nitrogens with zero attached hydrogens (tertiary/aromatic N) is 2. The lowest BCUT2D eigenvalue weighted by Crippen LogP contribution is -2.33. The van der Waals surface area contributed by atoms with Crippen LogP contribution in [0.4, 0.5) is 0 Å². The van der Waals surface area contributed by atoms with Gasteiger partial charge in [-0.15, -0.1) is 0 Å². The van der Waals surface area contributed by atoms with Gasteiger partial charge in [0.25, 0.3) is 0 Å². The summed E-state index contributed by atoms with van der Waals surface area (Å²) >= 11 is 5.89. The molecule has 2 aromatic heterocycles. The molecule has 0 saturated heterocycles. The van der Waals surface area contributed by atoms with E-state index in [0.29, 0.717) is 22.6 Å². The van der Waals surface area contributed by atoms with Crippen LogP contribution in [-0.4, -0.2) is 35.8 Å². The molecule has 110 valence electrons. The van der Waals surface area contributed by atoms with Gasteiger partial charge in [0.15, 0.2) is 5.65 Å². The predicted molar refractivity (Wildman–Crippen MR) is 77.5 cm³/mol. The molecule has 0 fully saturated rings. The van der Waals surface area contributed by atoms with Gasteiger partial charge < -0.3 is 0 Å². The van der Waals surface area contributed by atoms with E-state index in [1.165, 1.54) is 10.8 Å². The average molecular weight is 319 g/mol. The van der Waals surface area contributed by atoms with Crippen LogP contribution >= 0.6 is 11.6 Å². The van der Waals surface area contributed by atoms with E-state index in [4.69, 9.17) is 11.6 Å². The Kier molecular flexibility index (Phi) is 4.17. The summed E-state index contributed by atoms with van der Waals surface area (Å²) in [5, 5.41) is 0.413. The highest BCUT2D eigenvalue weighted by atomic mass is 35.5. The normalized spacial score (nSPS) is 13.8. The van der Waals surface area contributed by atoms with E-state index < -0.39 is 10.0 Å². The van der Waals surface area contributed by atoms with Crippen LogP contribution in [0, 0.1) is 0 Å². The Morgan fingerprint density at radius 2 is 2.25 bits per heavy atom. The largest absolute Gasteiger partial charge is 0.327 e. The van der Waals surface area contributed by atoms with Crippen molar-refractivity contribution in [2.24, 2.45) is 0 Å². The molecule has 1 atom stereocenters. The van der Waals surface area contributed by atoms with Crippen LogP contribution in [0.25, 0.3) is 11.2 Å². The van der Waals surface area contributed by atoms with Gasteiger partial charge in [-0.05, 0) is 12.5 Å². The minimum absolute atomic E-state index is 0.134. The number of pyridine rings is 1. The molecule has 0 saturated carbocycles. The Bertz CT molecular complexity index is 781. The number of halogens is 1. The molecule has 0 radical (unpaired) electrons. The quantitative estimate of drug-likeness (QED) is 0.855. The molecule has 0 spiro atoms. The van der Waals surface area contributed by atoms with Gasteiger partial charge in [0, 0.05) is 12.7 Å². The summed E-state index contributed by atoms with van der Waals surface area (Å²) in [5.41, 5.74) is 0.652. The molecular weight excluding hydrogens is 304 g/mol. The predicted octanol–water partition coefficient (Wildman–Crippen LogP) is 0.878. The fourth-order valence-electron chi connectivity index (χ4n) is 2.01. The van der Waals surface area contributed by atoms with E-state index in [1.54, 1.807) is 6.07 Å². The smallest absolute Gasteiger partial charge is 0.290 e. The Hall–Kier alpha value is -1.38. The molecule has 2 aromatic rings. The molecule has 2 rings (SSSR count). The number of aromatic amines is 1. The van der Waals surface area contributed by atoms with Gasteiger partial charge >= 0.3 is 5.69 Å². The first-order valence-corrected chi connectivity index (χ1v) is 8.29. The molecule has 2 heterocycles. The van der Waals surface area contributed by atoms with Crippen LogP contribution in [0.1, 0.15) is 19.4 Å². The zero-order valence-electron chi connectivity index (χ0n) is 11.1. The fourth-order valence-corrected chi connectivity index (χ4v) is 2.66. The van der Waals surface area contributed by atoms with Crippen molar-refractivity contribution >= 4 is 32.8 Å². The summed E-state index contributed by atoms with van der Waals surface area (Å²) in [6.07, 6.45) is 3.11. The Morgan fingerprint density at radius 3 is 2.85 bits per heavy atom. The summed E-state index contributed by atoms with van der Waals surface area (Å²) in [4.78, 5) is 18.7. The minimum atomic E-state index is -3.31. The Balaban J connectivity index is 2.46. The molecule has 0 amide bonds. The van der Waals surface area contributed by atoms with Crippen LogP contribution in [0.15, 0.2) is 17.1 Å². The summed E-state index contributed by atoms with van der Waals surface area (Å²) in [7, 11) is -3.31. The van der Waals surface area contributed by atoms with Gasteiger partial charge in [-0.25, -0.2) is 22.9 Å². The zero-order valence-corrected chi connectivity index (χ0v) is 12.6. The molecule has 20 heavy (non-hydrogen) atoms. The maximum atomic E-state index is 12.0. The lowest BCUT2D eigenvalue weighted by Gasteiger charge is -2.16. The van der Waals surface area contributed by atoms with Crippen molar-refractivity contribution in [2.75, 3.05) is 12.8 Å². The SMILES string of the molecule is CC[C@@H](CNS(C)(=O)=O)n1c(=O)[nH]c2ncc(Cl)cc21. The zero-order chi connectivity index (χ0) is 14.9. The second-order valence-electron chi connectivity index (χ2n) is 4.50. The fraction of sp³-hybridized carbons (Fsp3) is 0.455. The van der Waals surface area contributed by atoms with E-state index >= 15 is 0 Å². The lowest BCUT2D eigenvalue weighted by atomic mass is 10.2. The monoisotopic (exact) mass is 318 g/mol. The molecule has 7 nitrogen and oxygen atoms in total. The number of hydrogen-bond acceptors (Lipinski definition) is 4. The molecule has 0 aromatic carbocycles. The van der Waals surface area contributed by atoms with Crippen molar-refractivity contribution in [3.05, 3.63) is 27.8 Å². The van der Waals surface area contributed by atoms with Crippen LogP contribution in [0.2, 0.25) is 5.02 Å². The van der Waals surface area contributed by atoms with Crippen molar-refractivity contribution in [3.63, 3.8) is 0 Å². The summed E-state index contributed by atoms with van der Waals surface area (Å²) in [5.74, 6) is 0. The topological polar surface area (TPSA) is 96.9 Å². The van der Waals surface area contributed by atoms with Gasteiger partial charge in [-0.2, -0.15) is 0 Å². The van der Waals surface area contributed by atoms with Crippen LogP contribution < -0.4 is 10.4 Å². The maximum absolute atomic E-state index is 12.0. The third kappa shape index (κ3) is 3.20. The standard InChI is InChI=1S/C11H15ClN4O3S/c1-3-8(6-14-20(2,18)19)16-9-4-7(12)5-13-10(9)15-11(16)17/h4-5,8,14H,3,6H2,1-2H3,(H,13,15,17)/t8-/m0/s1. The van der Waals surface area contributed by atoms with E-state index in [0.717, 1.165) is 6.26 Å². The van der Waals surface area contributed by atoms with Gasteiger partial charge in [0.05, 0.1) is 22.8 Å². The molecule has 0 bridgehead atoms. The number of nitrogens with one attached hydrogen (secondary N) is 2. The second kappa shape index (κ2) is 5.55. The first kappa shape index (κ1) is 15.0. The number of H-pyrrole nitrogens is 1. The van der Waals surface area contributed by atoms with Crippen LogP contribution in [-0.2, 0) is 10.0 Å². The Labute approximate surface area is 121 Å². The molecule has 0 aliphatic rings. The molecule has 0 aliphatic heterocycles. The highest BCUT2D eigenvalue weighted by Crippen LogP contribution is 2.19. The van der Waals surface area contributed by atoms with E-state index in [9.17, 15) is 13.2 Å². The van der Waals surface area contributed by atoms with Gasteiger partial charge in [-0.1, -0.05) is 18.5 Å². The first-order chi connectivity index (χ1) is 9.31. The van der Waals surface area contributed by atoms with Crippen LogP contribution in [0.5, 0.6) is 0 Å². The lowest BCUT2D eigenvalue weighted by molar-refractivity contribution is 0.474. The molecule has 9 heteroatoms. The van der Waals surface area contributed by atoms with E-state index in [1.807, 2.05) is 6.92 Å². The average Bonchev–Trinajstić information content (AvgIpc) is 2.65. The molecule has 0 unspecified atom stereocenters. The second-order valence-corrected chi connectivity index (χ2v) is 6.77. The number of hydrogen-bond donors (Lipinski definition) is 2. The number of aromatic nitrogens is 3. The molecule has 0 aliphatic carbocycles. The van der Waals surface area contributed by atoms with Crippen molar-refractivity contribution in [1.29, 1.82) is 0 Å². The van der Waals surface area contributed by atoms with Crippen molar-refractivity contribution in [2.45, 2.75) is 19.4 Å². The van der Waals surface area contributed by atoms with Crippen LogP contribution in [0.3, 0.4) is 0 Å². The summed E-state index contributed by atoms with van der Waals surface area (Å²) < 4.78 is 26.3. The van der Waals surface area contributed by atoms with Gasteiger partial charge in [-0.3, -0.25) is 9.55 Å². The van der Waals surface area contributed by atoms with Crippen molar-refractivity contribution in [1.82, 2.24) is 19.3 Å². The van der Waals surface area contributed by atoms with Gasteiger partial charge in [0.1, 0.15) is 0 Å². The van der Waals surface area contributed by atoms with Crippen molar-refractivity contribution < 1.29 is 8.42 Å². The highest BCUT2D eigenvalue weighted by molar-refractivity contribution is 7.88. The first-order valence-electron chi connectivity index (χ1n) is 6.02. The van der Waals surface area contributed by atoms with Gasteiger partial charge in [0.2, 0.25) is 10.0 Å². The molecule has 2 N–H and O–H groups in total. The Morgan fingerprint density at radius 1 is 1.55 bits per heavy atom. The third-order valence-electron chi connectivity index (χ3n) is 2.96. The molecular formula is C11H15ClN4O3S. The highest BCUT2D eigenvalue weighted by Gasteiger charge is 2.18. The maximum Gasteiger partial charge on any atom is 0.327 e. The van der Waals surface area contributed by atoms with Crippen molar-refractivity contribution in [3.8, 4) is 0 Å². The summed E-state index contributed by atoms with van der Waals surface area (Å²) in [6.45, 7) is 2.01. The number of sulfonamides is 1. The minimum Gasteiger partial charge on any atom is -0.290 e. The number of imidazole rings is 1. The van der Waals surface area contributed by atoms with E-state index in [2.05, 4.69) is 14.7 Å². The summed E-state index contributed by atoms with van der Waals surface area (Å²) in [6, 6.07) is 1.32.